The zero-order chi connectivity index (χ0) is 25.9. The Bertz CT molecular complexity index is 1280. The molecule has 1 amide bonds. The number of hydrogen-bond acceptors (Lipinski definition) is 9. The average molecular weight is 489 g/mol. The standard InChI is InChI=1S/C25H23N5O6/c1-17-11-20(15-34-2)23(12-26)25(28-17)36-16-24(31)29-27-13-18-5-9-22(10-6-18)35-14-19-3-7-21(8-4-19)30(32)33/h3-11,13H,14-16H2,1-2H3,(H,29,31)/b27-13+. The number of ether oxygens (including phenoxy) is 3. The number of pyridine rings is 1. The van der Waals surface area contributed by atoms with E-state index < -0.39 is 10.8 Å². The van der Waals surface area contributed by atoms with E-state index >= 15 is 0 Å². The number of benzene rings is 2. The maximum atomic E-state index is 12.1. The lowest BCUT2D eigenvalue weighted by molar-refractivity contribution is -0.384. The van der Waals surface area contributed by atoms with Crippen LogP contribution in [0.4, 0.5) is 5.69 Å². The molecular weight excluding hydrogens is 466 g/mol. The number of nitriles is 1. The molecule has 0 radical (unpaired) electrons. The lowest BCUT2D eigenvalue weighted by Crippen LogP contribution is -2.25. The normalized spacial score (nSPS) is 10.6. The second-order valence-electron chi connectivity index (χ2n) is 7.51. The summed E-state index contributed by atoms with van der Waals surface area (Å²) in [7, 11) is 1.52. The maximum Gasteiger partial charge on any atom is 0.278 e. The summed E-state index contributed by atoms with van der Waals surface area (Å²) in [6.45, 7) is 1.87. The fraction of sp³-hybridized carbons (Fsp3) is 0.200. The van der Waals surface area contributed by atoms with E-state index in [0.29, 0.717) is 17.0 Å². The quantitative estimate of drug-likeness (QED) is 0.245. The maximum absolute atomic E-state index is 12.1. The number of nitro groups is 1. The summed E-state index contributed by atoms with van der Waals surface area (Å²) in [5, 5.41) is 24.0. The van der Waals surface area contributed by atoms with Crippen molar-refractivity contribution in [3.63, 3.8) is 0 Å². The number of nitro benzene ring substituents is 1. The van der Waals surface area contributed by atoms with E-state index in [9.17, 15) is 20.2 Å². The summed E-state index contributed by atoms with van der Waals surface area (Å²) in [4.78, 5) is 26.5. The van der Waals surface area contributed by atoms with Gasteiger partial charge in [-0.05, 0) is 60.5 Å². The first-order valence-corrected chi connectivity index (χ1v) is 10.7. The van der Waals surface area contributed by atoms with E-state index in [1.165, 1.54) is 25.5 Å². The number of aromatic nitrogens is 1. The van der Waals surface area contributed by atoms with Gasteiger partial charge in [0.2, 0.25) is 5.88 Å². The first kappa shape index (κ1) is 25.8. The van der Waals surface area contributed by atoms with Gasteiger partial charge < -0.3 is 14.2 Å². The minimum atomic E-state index is -0.519. The summed E-state index contributed by atoms with van der Waals surface area (Å²) in [6.07, 6.45) is 1.46. The molecule has 1 heterocycles. The van der Waals surface area contributed by atoms with Crippen molar-refractivity contribution < 1.29 is 23.9 Å². The molecule has 1 N–H and O–H groups in total. The lowest BCUT2D eigenvalue weighted by Gasteiger charge is -2.10. The number of non-ortho nitro benzene ring substituents is 1. The molecule has 2 aromatic carbocycles. The smallest absolute Gasteiger partial charge is 0.278 e. The molecule has 1 aromatic heterocycles. The van der Waals surface area contributed by atoms with Crippen molar-refractivity contribution in [1.82, 2.24) is 10.4 Å². The number of aryl methyl sites for hydroxylation is 1. The highest BCUT2D eigenvalue weighted by Gasteiger charge is 2.14. The number of methoxy groups -OCH3 is 1. The van der Waals surface area contributed by atoms with E-state index in [1.807, 2.05) is 6.07 Å². The first-order valence-electron chi connectivity index (χ1n) is 10.7. The van der Waals surface area contributed by atoms with Gasteiger partial charge in [0, 0.05) is 30.5 Å². The second-order valence-corrected chi connectivity index (χ2v) is 7.51. The number of amides is 1. The Morgan fingerprint density at radius 3 is 2.53 bits per heavy atom. The summed E-state index contributed by atoms with van der Waals surface area (Å²) in [5.41, 5.74) is 5.38. The van der Waals surface area contributed by atoms with E-state index in [-0.39, 0.29) is 37.0 Å². The number of carbonyl (C=O) groups is 1. The lowest BCUT2D eigenvalue weighted by atomic mass is 10.1. The van der Waals surface area contributed by atoms with Gasteiger partial charge in [0.05, 0.1) is 17.7 Å². The summed E-state index contributed by atoms with van der Waals surface area (Å²) in [6, 6.07) is 16.9. The zero-order valence-electron chi connectivity index (χ0n) is 19.6. The second kappa shape index (κ2) is 12.6. The molecule has 3 rings (SSSR count). The molecule has 0 spiro atoms. The molecule has 11 nitrogen and oxygen atoms in total. The highest BCUT2D eigenvalue weighted by atomic mass is 16.6. The van der Waals surface area contributed by atoms with Gasteiger partial charge in [-0.3, -0.25) is 14.9 Å². The third-order valence-electron chi connectivity index (χ3n) is 4.78. The van der Waals surface area contributed by atoms with Crippen LogP contribution in [0.15, 0.2) is 59.7 Å². The molecule has 0 atom stereocenters. The predicted molar refractivity (Wildman–Crippen MR) is 130 cm³/mol. The molecule has 0 saturated carbocycles. The summed E-state index contributed by atoms with van der Waals surface area (Å²) in [5.74, 6) is 0.150. The van der Waals surface area contributed by atoms with Gasteiger partial charge in [-0.25, -0.2) is 10.4 Å². The molecule has 0 aliphatic carbocycles. The van der Waals surface area contributed by atoms with Crippen LogP contribution < -0.4 is 14.9 Å². The molecule has 0 unspecified atom stereocenters. The van der Waals surface area contributed by atoms with E-state index in [1.54, 1.807) is 49.4 Å². The molecule has 0 bridgehead atoms. The third-order valence-corrected chi connectivity index (χ3v) is 4.78. The fourth-order valence-electron chi connectivity index (χ4n) is 3.08. The van der Waals surface area contributed by atoms with Crippen LogP contribution in [-0.4, -0.2) is 35.7 Å². The molecule has 36 heavy (non-hydrogen) atoms. The van der Waals surface area contributed by atoms with Crippen LogP contribution in [0.5, 0.6) is 11.6 Å². The van der Waals surface area contributed by atoms with Gasteiger partial charge in [0.25, 0.3) is 11.6 Å². The van der Waals surface area contributed by atoms with Gasteiger partial charge in [-0.1, -0.05) is 0 Å². The number of hydrazone groups is 1. The zero-order valence-corrected chi connectivity index (χ0v) is 19.6. The molecule has 0 fully saturated rings. The van der Waals surface area contributed by atoms with Crippen molar-refractivity contribution in [2.75, 3.05) is 13.7 Å². The Labute approximate surface area is 207 Å². The van der Waals surface area contributed by atoms with Crippen LogP contribution >= 0.6 is 0 Å². The van der Waals surface area contributed by atoms with E-state index in [2.05, 4.69) is 15.5 Å². The molecule has 11 heteroatoms. The van der Waals surface area contributed by atoms with Gasteiger partial charge in [-0.2, -0.15) is 10.4 Å². The van der Waals surface area contributed by atoms with Gasteiger partial charge in [-0.15, -0.1) is 0 Å². The van der Waals surface area contributed by atoms with Crippen molar-refractivity contribution >= 4 is 17.8 Å². The molecular formula is C25H23N5O6. The Morgan fingerprint density at radius 2 is 1.89 bits per heavy atom. The number of nitrogens with zero attached hydrogens (tertiary/aromatic N) is 4. The molecule has 184 valence electrons. The van der Waals surface area contributed by atoms with Crippen molar-refractivity contribution in [3.05, 3.63) is 92.7 Å². The molecule has 3 aromatic rings. The van der Waals surface area contributed by atoms with Gasteiger partial charge in [0.1, 0.15) is 24.0 Å². The number of hydrogen-bond donors (Lipinski definition) is 1. The molecule has 0 saturated heterocycles. The average Bonchev–Trinajstić information content (AvgIpc) is 2.87. The molecule has 0 aliphatic rings. The Kier molecular flexibility index (Phi) is 9.02. The fourth-order valence-corrected chi connectivity index (χ4v) is 3.08. The number of carbonyl (C=O) groups excluding carboxylic acids is 1. The number of nitrogens with one attached hydrogen (secondary N) is 1. The topological polar surface area (TPSA) is 149 Å². The monoisotopic (exact) mass is 489 g/mol. The first-order chi connectivity index (χ1) is 17.4. The van der Waals surface area contributed by atoms with Crippen LogP contribution in [0.1, 0.15) is 27.9 Å². The van der Waals surface area contributed by atoms with Crippen molar-refractivity contribution in [2.45, 2.75) is 20.1 Å². The van der Waals surface area contributed by atoms with Crippen LogP contribution in [0, 0.1) is 28.4 Å². The number of rotatable bonds is 11. The third kappa shape index (κ3) is 7.34. The Morgan fingerprint density at radius 1 is 1.17 bits per heavy atom. The van der Waals surface area contributed by atoms with Crippen molar-refractivity contribution in [2.24, 2.45) is 5.10 Å². The molecule has 0 aliphatic heterocycles. The summed E-state index contributed by atoms with van der Waals surface area (Å²) < 4.78 is 16.2. The minimum absolute atomic E-state index is 0.0241. The Balaban J connectivity index is 1.48. The predicted octanol–water partition coefficient (Wildman–Crippen LogP) is 3.42. The van der Waals surface area contributed by atoms with Crippen LogP contribution in [-0.2, 0) is 22.7 Å². The Hall–Kier alpha value is -4.82. The van der Waals surface area contributed by atoms with E-state index in [4.69, 9.17) is 14.2 Å². The van der Waals surface area contributed by atoms with Crippen LogP contribution in [0.3, 0.4) is 0 Å². The van der Waals surface area contributed by atoms with Gasteiger partial charge in [0.15, 0.2) is 6.61 Å². The van der Waals surface area contributed by atoms with Gasteiger partial charge >= 0.3 is 0 Å². The van der Waals surface area contributed by atoms with Crippen LogP contribution in [0.2, 0.25) is 0 Å². The largest absolute Gasteiger partial charge is 0.489 e. The highest BCUT2D eigenvalue weighted by molar-refractivity contribution is 5.83. The highest BCUT2D eigenvalue weighted by Crippen LogP contribution is 2.21. The van der Waals surface area contributed by atoms with E-state index in [0.717, 1.165) is 11.1 Å². The van der Waals surface area contributed by atoms with Crippen LogP contribution in [0.25, 0.3) is 0 Å². The minimum Gasteiger partial charge on any atom is -0.489 e. The van der Waals surface area contributed by atoms with Crippen molar-refractivity contribution in [3.8, 4) is 17.7 Å². The SMILES string of the molecule is COCc1cc(C)nc(OCC(=O)N/N=C/c2ccc(OCc3ccc([N+](=O)[O-])cc3)cc2)c1C#N. The summed E-state index contributed by atoms with van der Waals surface area (Å²) >= 11 is 0. The van der Waals surface area contributed by atoms with Crippen molar-refractivity contribution in [1.29, 1.82) is 5.26 Å².